The minimum absolute atomic E-state index is 0.00653. The van der Waals surface area contributed by atoms with Gasteiger partial charge < -0.3 is 9.47 Å². The molecular formula is C26H28N4O3S. The number of carbonyl (C=O) groups excluding carboxylic acids is 1. The summed E-state index contributed by atoms with van der Waals surface area (Å²) in [7, 11) is -1.79. The molecule has 0 spiro atoms. The molecule has 0 aliphatic heterocycles. The van der Waals surface area contributed by atoms with E-state index in [1.165, 1.54) is 0 Å². The predicted molar refractivity (Wildman–Crippen MR) is 135 cm³/mol. The van der Waals surface area contributed by atoms with Gasteiger partial charge in [0, 0.05) is 31.3 Å². The first kappa shape index (κ1) is 23.5. The molecule has 7 nitrogen and oxygen atoms in total. The zero-order valence-electron chi connectivity index (χ0n) is 19.7. The smallest absolute Gasteiger partial charge is 0.261 e. The van der Waals surface area contributed by atoms with Crippen LogP contribution in [0.3, 0.4) is 0 Å². The van der Waals surface area contributed by atoms with E-state index < -0.39 is 10.0 Å². The maximum absolute atomic E-state index is 12.8. The first-order valence-corrected chi connectivity index (χ1v) is 12.7. The van der Waals surface area contributed by atoms with Gasteiger partial charge in [0.2, 0.25) is 0 Å². The number of amides is 1. The third kappa shape index (κ3) is 4.54. The van der Waals surface area contributed by atoms with Gasteiger partial charge in [-0.05, 0) is 63.2 Å². The highest BCUT2D eigenvalue weighted by atomic mass is 32.2. The number of benzene rings is 3. The second-order valence-corrected chi connectivity index (χ2v) is 9.85. The van der Waals surface area contributed by atoms with Crippen molar-refractivity contribution in [2.75, 3.05) is 17.8 Å². The van der Waals surface area contributed by atoms with Crippen LogP contribution in [-0.2, 0) is 17.1 Å². The van der Waals surface area contributed by atoms with Gasteiger partial charge in [-0.1, -0.05) is 29.8 Å². The number of nitrogens with one attached hydrogen (secondary N) is 1. The van der Waals surface area contributed by atoms with E-state index in [0.717, 1.165) is 22.5 Å². The lowest BCUT2D eigenvalue weighted by Crippen LogP contribution is -2.30. The molecule has 0 fully saturated rings. The van der Waals surface area contributed by atoms with Gasteiger partial charge >= 0.3 is 0 Å². The lowest BCUT2D eigenvalue weighted by Gasteiger charge is -2.18. The average Bonchev–Trinajstić information content (AvgIpc) is 3.15. The average molecular weight is 477 g/mol. The molecule has 1 aromatic heterocycles. The van der Waals surface area contributed by atoms with Crippen molar-refractivity contribution in [3.05, 3.63) is 77.9 Å². The molecule has 1 N–H and O–H groups in total. The van der Waals surface area contributed by atoms with E-state index in [2.05, 4.69) is 4.72 Å². The molecule has 0 unspecified atom stereocenters. The summed E-state index contributed by atoms with van der Waals surface area (Å²) in [6.45, 7) is 7.16. The van der Waals surface area contributed by atoms with Crippen LogP contribution in [0.15, 0.2) is 71.6 Å². The number of hydrogen-bond donors (Lipinski definition) is 1. The Balaban J connectivity index is 1.62. The summed E-state index contributed by atoms with van der Waals surface area (Å²) >= 11 is 0. The number of imidazole rings is 1. The van der Waals surface area contributed by atoms with Crippen molar-refractivity contribution in [1.29, 1.82) is 0 Å². The number of anilines is 1. The molecule has 1 amide bonds. The predicted octanol–water partition coefficient (Wildman–Crippen LogP) is 4.83. The third-order valence-corrected chi connectivity index (χ3v) is 7.30. The van der Waals surface area contributed by atoms with Gasteiger partial charge in [0.15, 0.2) is 0 Å². The molecular weight excluding hydrogens is 448 g/mol. The van der Waals surface area contributed by atoms with Gasteiger partial charge in [0.25, 0.3) is 15.9 Å². The first-order chi connectivity index (χ1) is 16.2. The SMILES string of the molecule is CCN(CC)C(=O)c1ccc(-c2nc3cc(NS(=O)(=O)c4ccc(C)cc4)ccc3n2C)cc1. The molecule has 4 aromatic rings. The quantitative estimate of drug-likeness (QED) is 0.414. The zero-order chi connectivity index (χ0) is 24.5. The number of hydrogen-bond acceptors (Lipinski definition) is 4. The lowest BCUT2D eigenvalue weighted by atomic mass is 10.1. The maximum atomic E-state index is 12.8. The van der Waals surface area contributed by atoms with E-state index in [9.17, 15) is 13.2 Å². The molecule has 8 heteroatoms. The van der Waals surface area contributed by atoms with E-state index in [0.29, 0.717) is 29.9 Å². The Morgan fingerprint density at radius 3 is 2.24 bits per heavy atom. The van der Waals surface area contributed by atoms with Crippen molar-refractivity contribution in [3.63, 3.8) is 0 Å². The van der Waals surface area contributed by atoms with Crippen LogP contribution in [0.1, 0.15) is 29.8 Å². The van der Waals surface area contributed by atoms with Gasteiger partial charge in [0.1, 0.15) is 5.82 Å². The van der Waals surface area contributed by atoms with Crippen LogP contribution >= 0.6 is 0 Å². The highest BCUT2D eigenvalue weighted by Crippen LogP contribution is 2.27. The molecule has 34 heavy (non-hydrogen) atoms. The number of sulfonamides is 1. The van der Waals surface area contributed by atoms with Crippen molar-refractivity contribution < 1.29 is 13.2 Å². The molecule has 0 radical (unpaired) electrons. The fourth-order valence-corrected chi connectivity index (χ4v) is 4.96. The minimum Gasteiger partial charge on any atom is -0.339 e. The van der Waals surface area contributed by atoms with Crippen molar-refractivity contribution in [2.45, 2.75) is 25.7 Å². The summed E-state index contributed by atoms with van der Waals surface area (Å²) in [5.74, 6) is 0.738. The van der Waals surface area contributed by atoms with Crippen LogP contribution in [-0.4, -0.2) is 41.9 Å². The zero-order valence-corrected chi connectivity index (χ0v) is 20.6. The van der Waals surface area contributed by atoms with Crippen LogP contribution in [0.25, 0.3) is 22.4 Å². The number of fused-ring (bicyclic) bond motifs is 1. The van der Waals surface area contributed by atoms with Gasteiger partial charge in [-0.2, -0.15) is 0 Å². The van der Waals surface area contributed by atoms with Crippen LogP contribution in [0.5, 0.6) is 0 Å². The summed E-state index contributed by atoms with van der Waals surface area (Å²) in [6, 6.07) is 19.4. The van der Waals surface area contributed by atoms with E-state index >= 15 is 0 Å². The van der Waals surface area contributed by atoms with Crippen LogP contribution in [0.2, 0.25) is 0 Å². The monoisotopic (exact) mass is 476 g/mol. The second-order valence-electron chi connectivity index (χ2n) is 8.17. The highest BCUT2D eigenvalue weighted by molar-refractivity contribution is 7.92. The van der Waals surface area contributed by atoms with E-state index in [-0.39, 0.29) is 10.8 Å². The molecule has 176 valence electrons. The molecule has 3 aromatic carbocycles. The van der Waals surface area contributed by atoms with E-state index in [1.807, 2.05) is 62.7 Å². The number of carbonyl (C=O) groups is 1. The van der Waals surface area contributed by atoms with Gasteiger partial charge in [-0.15, -0.1) is 0 Å². The molecule has 0 saturated carbocycles. The lowest BCUT2D eigenvalue weighted by molar-refractivity contribution is 0.0773. The van der Waals surface area contributed by atoms with Crippen LogP contribution < -0.4 is 4.72 Å². The Bertz CT molecular complexity index is 1440. The van der Waals surface area contributed by atoms with E-state index in [4.69, 9.17) is 4.98 Å². The van der Waals surface area contributed by atoms with Gasteiger partial charge in [0.05, 0.1) is 21.6 Å². The number of nitrogens with zero attached hydrogens (tertiary/aromatic N) is 3. The fourth-order valence-electron chi connectivity index (χ4n) is 3.91. The fraction of sp³-hybridized carbons (Fsp3) is 0.231. The molecule has 0 saturated heterocycles. The Hall–Kier alpha value is -3.65. The summed E-state index contributed by atoms with van der Waals surface area (Å²) in [4.78, 5) is 19.3. The first-order valence-electron chi connectivity index (χ1n) is 11.2. The molecule has 1 heterocycles. The molecule has 0 aliphatic rings. The summed E-state index contributed by atoms with van der Waals surface area (Å²) in [5, 5.41) is 0. The molecule has 0 atom stereocenters. The Morgan fingerprint density at radius 2 is 1.62 bits per heavy atom. The van der Waals surface area contributed by atoms with Crippen molar-refractivity contribution in [2.24, 2.45) is 7.05 Å². The van der Waals surface area contributed by atoms with Crippen LogP contribution in [0.4, 0.5) is 5.69 Å². The number of aryl methyl sites for hydroxylation is 2. The van der Waals surface area contributed by atoms with Crippen molar-refractivity contribution >= 4 is 32.7 Å². The summed E-state index contributed by atoms with van der Waals surface area (Å²) in [5.41, 5.74) is 4.49. The molecule has 0 bridgehead atoms. The largest absolute Gasteiger partial charge is 0.339 e. The number of aromatic nitrogens is 2. The van der Waals surface area contributed by atoms with Crippen LogP contribution in [0, 0.1) is 6.92 Å². The summed E-state index contributed by atoms with van der Waals surface area (Å²) in [6.07, 6.45) is 0. The Kier molecular flexibility index (Phi) is 6.43. The van der Waals surface area contributed by atoms with E-state index in [1.54, 1.807) is 41.3 Å². The minimum atomic E-state index is -3.70. The molecule has 4 rings (SSSR count). The standard InChI is InChI=1S/C26H28N4O3S/c1-5-30(6-2)26(31)20-11-9-19(10-12-20)25-27-23-17-21(13-16-24(23)29(25)4)28-34(32,33)22-14-7-18(3)8-15-22/h7-17,28H,5-6H2,1-4H3. The second kappa shape index (κ2) is 9.30. The number of rotatable bonds is 7. The maximum Gasteiger partial charge on any atom is 0.261 e. The highest BCUT2D eigenvalue weighted by Gasteiger charge is 2.17. The Morgan fingerprint density at radius 1 is 0.971 bits per heavy atom. The Labute approximate surface area is 200 Å². The van der Waals surface area contributed by atoms with Gasteiger partial charge in [-0.3, -0.25) is 9.52 Å². The normalized spacial score (nSPS) is 11.5. The molecule has 0 aliphatic carbocycles. The topological polar surface area (TPSA) is 84.3 Å². The van der Waals surface area contributed by atoms with Crippen molar-refractivity contribution in [1.82, 2.24) is 14.5 Å². The third-order valence-electron chi connectivity index (χ3n) is 5.91. The summed E-state index contributed by atoms with van der Waals surface area (Å²) < 4.78 is 30.1. The van der Waals surface area contributed by atoms with Gasteiger partial charge in [-0.25, -0.2) is 13.4 Å². The van der Waals surface area contributed by atoms with Crippen molar-refractivity contribution in [3.8, 4) is 11.4 Å².